The number of benzene rings is 1. The van der Waals surface area contributed by atoms with Gasteiger partial charge < -0.3 is 10.2 Å². The number of nitrogens with zero attached hydrogens (tertiary/aromatic N) is 3. The molecule has 2 unspecified atom stereocenters. The molecule has 142 valence electrons. The predicted octanol–water partition coefficient (Wildman–Crippen LogP) is 3.13. The van der Waals surface area contributed by atoms with Crippen molar-refractivity contribution in [1.29, 1.82) is 5.26 Å². The fourth-order valence-corrected chi connectivity index (χ4v) is 4.12. The minimum atomic E-state index is 0.225. The summed E-state index contributed by atoms with van der Waals surface area (Å²) in [5.41, 5.74) is 4.05. The van der Waals surface area contributed by atoms with Crippen molar-refractivity contribution in [1.82, 2.24) is 10.2 Å². The Labute approximate surface area is 165 Å². The normalized spacial score (nSPS) is 24.0. The van der Waals surface area contributed by atoms with E-state index in [1.54, 1.807) is 0 Å². The van der Waals surface area contributed by atoms with E-state index in [-0.39, 0.29) is 11.8 Å². The lowest BCUT2D eigenvalue weighted by Gasteiger charge is -2.33. The van der Waals surface area contributed by atoms with Crippen molar-refractivity contribution in [3.63, 3.8) is 0 Å². The number of hydrogen-bond acceptors (Lipinski definition) is 4. The number of likely N-dealkylation sites (tertiary alicyclic amines) is 1. The van der Waals surface area contributed by atoms with Crippen LogP contribution in [0.5, 0.6) is 0 Å². The zero-order valence-electron chi connectivity index (χ0n) is 15.8. The quantitative estimate of drug-likeness (QED) is 0.808. The first-order valence-corrected chi connectivity index (χ1v) is 9.84. The lowest BCUT2D eigenvalue weighted by Crippen LogP contribution is -2.38. The van der Waals surface area contributed by atoms with Crippen LogP contribution in [-0.2, 0) is 4.79 Å². The molecule has 4 rings (SSSR count). The summed E-state index contributed by atoms with van der Waals surface area (Å²) in [6, 6.07) is 9.98. The van der Waals surface area contributed by atoms with E-state index in [4.69, 9.17) is 0 Å². The van der Waals surface area contributed by atoms with E-state index in [9.17, 15) is 10.1 Å². The van der Waals surface area contributed by atoms with E-state index in [2.05, 4.69) is 40.7 Å². The van der Waals surface area contributed by atoms with Crippen molar-refractivity contribution in [2.75, 3.05) is 19.6 Å². The third-order valence-corrected chi connectivity index (χ3v) is 5.82. The summed E-state index contributed by atoms with van der Waals surface area (Å²) in [6.45, 7) is 2.60. The third kappa shape index (κ3) is 3.91. The molecular weight excluding hydrogens is 348 g/mol. The topological polar surface area (TPSA) is 68.5 Å². The number of aliphatic imine (C=N–C) groups is 1. The van der Waals surface area contributed by atoms with Gasteiger partial charge in [-0.2, -0.15) is 5.26 Å². The Morgan fingerprint density at radius 1 is 1.32 bits per heavy atom. The van der Waals surface area contributed by atoms with Crippen molar-refractivity contribution in [3.8, 4) is 6.07 Å². The molecule has 28 heavy (non-hydrogen) atoms. The molecule has 0 bridgehead atoms. The monoisotopic (exact) mass is 372 g/mol. The molecule has 0 aromatic heterocycles. The second-order valence-corrected chi connectivity index (χ2v) is 7.62. The molecule has 1 aromatic rings. The molecule has 0 spiro atoms. The number of fused-ring (bicyclic) bond motifs is 1. The maximum Gasteiger partial charge on any atom is 0.209 e. The highest BCUT2D eigenvalue weighted by molar-refractivity contribution is 5.81. The van der Waals surface area contributed by atoms with Gasteiger partial charge in [-0.15, -0.1) is 0 Å². The SMILES string of the molecule is N#Cc1cccc(C2=CC3C=CN=CC3C(NCC3CCN(C=O)CC3)=C2)c1. The molecule has 1 N–H and O–H groups in total. The van der Waals surface area contributed by atoms with Gasteiger partial charge in [-0.1, -0.05) is 24.3 Å². The van der Waals surface area contributed by atoms with Crippen LogP contribution in [0.2, 0.25) is 0 Å². The molecule has 3 aliphatic rings. The van der Waals surface area contributed by atoms with E-state index in [1.165, 1.54) is 5.70 Å². The standard InChI is InChI=1S/C23H24N4O/c24-13-18-2-1-3-19(10-18)21-11-20-4-7-25-15-22(20)23(12-21)26-14-17-5-8-27(16-28)9-6-17/h1-4,7,10-12,15-17,20,22,26H,5-6,8-9,14H2. The van der Waals surface area contributed by atoms with Crippen LogP contribution in [0.3, 0.4) is 0 Å². The number of allylic oxidation sites excluding steroid dienone is 5. The number of hydrogen-bond donors (Lipinski definition) is 1. The molecule has 2 heterocycles. The van der Waals surface area contributed by atoms with Gasteiger partial charge in [-0.05, 0) is 48.1 Å². The Hall–Kier alpha value is -3.13. The molecule has 0 saturated carbocycles. The first-order chi connectivity index (χ1) is 13.8. The van der Waals surface area contributed by atoms with Crippen LogP contribution in [-0.4, -0.2) is 37.2 Å². The highest BCUT2D eigenvalue weighted by atomic mass is 16.1. The molecule has 2 atom stereocenters. The van der Waals surface area contributed by atoms with Gasteiger partial charge in [0.15, 0.2) is 0 Å². The van der Waals surface area contributed by atoms with Crippen molar-refractivity contribution in [3.05, 3.63) is 65.5 Å². The first-order valence-electron chi connectivity index (χ1n) is 9.84. The lowest BCUT2D eigenvalue weighted by molar-refractivity contribution is -0.119. The van der Waals surface area contributed by atoms with E-state index < -0.39 is 0 Å². The van der Waals surface area contributed by atoms with Crippen LogP contribution in [0.25, 0.3) is 5.57 Å². The summed E-state index contributed by atoms with van der Waals surface area (Å²) in [6.07, 6.45) is 13.5. The molecule has 1 aromatic carbocycles. The Balaban J connectivity index is 1.52. The molecule has 2 aliphatic heterocycles. The molecule has 5 heteroatoms. The van der Waals surface area contributed by atoms with E-state index in [0.29, 0.717) is 11.5 Å². The smallest absolute Gasteiger partial charge is 0.209 e. The van der Waals surface area contributed by atoms with Gasteiger partial charge in [0.1, 0.15) is 0 Å². The number of piperidine rings is 1. The molecule has 1 saturated heterocycles. The molecule has 0 radical (unpaired) electrons. The van der Waals surface area contributed by atoms with Gasteiger partial charge >= 0.3 is 0 Å². The summed E-state index contributed by atoms with van der Waals surface area (Å²) < 4.78 is 0. The van der Waals surface area contributed by atoms with Crippen molar-refractivity contribution in [2.24, 2.45) is 22.7 Å². The highest BCUT2D eigenvalue weighted by Gasteiger charge is 2.27. The third-order valence-electron chi connectivity index (χ3n) is 5.82. The van der Waals surface area contributed by atoms with Crippen LogP contribution in [0.1, 0.15) is 24.0 Å². The van der Waals surface area contributed by atoms with Gasteiger partial charge in [0.05, 0.1) is 11.6 Å². The van der Waals surface area contributed by atoms with Gasteiger partial charge in [-0.25, -0.2) is 0 Å². The molecular formula is C23H24N4O. The Morgan fingerprint density at radius 2 is 2.18 bits per heavy atom. The summed E-state index contributed by atoms with van der Waals surface area (Å²) in [5.74, 6) is 1.06. The number of rotatable bonds is 5. The second-order valence-electron chi connectivity index (χ2n) is 7.62. The van der Waals surface area contributed by atoms with E-state index in [0.717, 1.165) is 50.0 Å². The zero-order valence-corrected chi connectivity index (χ0v) is 15.8. The number of carbonyl (C=O) groups excluding carboxylic acids is 1. The molecule has 1 amide bonds. The summed E-state index contributed by atoms with van der Waals surface area (Å²) in [5, 5.41) is 12.9. The van der Waals surface area contributed by atoms with Gasteiger partial charge in [-0.3, -0.25) is 9.79 Å². The molecule has 1 fully saturated rings. The van der Waals surface area contributed by atoms with Crippen LogP contribution < -0.4 is 5.32 Å². The van der Waals surface area contributed by atoms with Crippen LogP contribution in [0, 0.1) is 29.1 Å². The lowest BCUT2D eigenvalue weighted by atomic mass is 9.81. The maximum absolute atomic E-state index is 10.9. The van der Waals surface area contributed by atoms with Crippen molar-refractivity contribution < 1.29 is 4.79 Å². The Kier molecular flexibility index (Phi) is 5.38. The van der Waals surface area contributed by atoms with Gasteiger partial charge in [0, 0.05) is 49.6 Å². The Morgan fingerprint density at radius 3 is 2.96 bits per heavy atom. The van der Waals surface area contributed by atoms with Crippen molar-refractivity contribution >= 4 is 18.2 Å². The Bertz CT molecular complexity index is 897. The number of carbonyl (C=O) groups is 1. The fourth-order valence-electron chi connectivity index (χ4n) is 4.12. The zero-order chi connectivity index (χ0) is 19.3. The predicted molar refractivity (Wildman–Crippen MR) is 110 cm³/mol. The number of nitrogens with one attached hydrogen (secondary N) is 1. The minimum absolute atomic E-state index is 0.225. The van der Waals surface area contributed by atoms with Crippen LogP contribution in [0.4, 0.5) is 0 Å². The van der Waals surface area contributed by atoms with E-state index >= 15 is 0 Å². The number of nitriles is 1. The number of amides is 1. The van der Waals surface area contributed by atoms with Gasteiger partial charge in [0.25, 0.3) is 0 Å². The van der Waals surface area contributed by atoms with Crippen molar-refractivity contribution in [2.45, 2.75) is 12.8 Å². The second kappa shape index (κ2) is 8.26. The minimum Gasteiger partial charge on any atom is -0.387 e. The van der Waals surface area contributed by atoms with Crippen LogP contribution in [0.15, 0.2) is 59.4 Å². The molecule has 5 nitrogen and oxygen atoms in total. The first kappa shape index (κ1) is 18.2. The average Bonchev–Trinajstić information content (AvgIpc) is 2.77. The average molecular weight is 372 g/mol. The fraction of sp³-hybridized carbons (Fsp3) is 0.348. The molecule has 1 aliphatic carbocycles. The van der Waals surface area contributed by atoms with Gasteiger partial charge in [0.2, 0.25) is 6.41 Å². The largest absolute Gasteiger partial charge is 0.387 e. The summed E-state index contributed by atoms with van der Waals surface area (Å²) in [7, 11) is 0. The van der Waals surface area contributed by atoms with Crippen LogP contribution >= 0.6 is 0 Å². The highest BCUT2D eigenvalue weighted by Crippen LogP contribution is 2.34. The maximum atomic E-state index is 10.9. The summed E-state index contributed by atoms with van der Waals surface area (Å²) in [4.78, 5) is 17.1. The van der Waals surface area contributed by atoms with E-state index in [1.807, 2.05) is 35.5 Å². The summed E-state index contributed by atoms with van der Waals surface area (Å²) >= 11 is 0.